The lowest BCUT2D eigenvalue weighted by atomic mass is 9.86. The summed E-state index contributed by atoms with van der Waals surface area (Å²) in [6, 6.07) is 7.49. The maximum atomic E-state index is 11.8. The van der Waals surface area contributed by atoms with E-state index in [1.807, 2.05) is 32.0 Å². The first-order chi connectivity index (χ1) is 11.9. The van der Waals surface area contributed by atoms with Gasteiger partial charge in [0.05, 0.1) is 18.3 Å². The first-order valence-corrected chi connectivity index (χ1v) is 9.20. The fourth-order valence-electron chi connectivity index (χ4n) is 3.28. The van der Waals surface area contributed by atoms with E-state index in [4.69, 9.17) is 4.74 Å². The highest BCUT2D eigenvalue weighted by atomic mass is 16.5. The Balaban J connectivity index is 1.80. The lowest BCUT2D eigenvalue weighted by molar-refractivity contribution is 0.0601. The molecule has 2 N–H and O–H groups in total. The van der Waals surface area contributed by atoms with Gasteiger partial charge in [0.25, 0.3) is 0 Å². The molecule has 0 amide bonds. The number of nitrogens with one attached hydrogen (secondary N) is 1. The molecule has 1 aromatic rings. The molecule has 1 aromatic carbocycles. The van der Waals surface area contributed by atoms with E-state index in [1.54, 1.807) is 6.07 Å². The minimum atomic E-state index is -0.561. The van der Waals surface area contributed by atoms with E-state index in [1.165, 1.54) is 19.1 Å². The van der Waals surface area contributed by atoms with Gasteiger partial charge in [0.2, 0.25) is 0 Å². The van der Waals surface area contributed by atoms with Crippen LogP contribution in [0.25, 0.3) is 0 Å². The summed E-state index contributed by atoms with van der Waals surface area (Å²) in [7, 11) is 1.41. The van der Waals surface area contributed by atoms with Crippen molar-refractivity contribution in [2.75, 3.05) is 19.0 Å². The average molecular weight is 345 g/mol. The molecule has 25 heavy (non-hydrogen) atoms. The Morgan fingerprint density at radius 1 is 1.36 bits per heavy atom. The summed E-state index contributed by atoms with van der Waals surface area (Å²) < 4.78 is 4.84. The van der Waals surface area contributed by atoms with Crippen LogP contribution in [-0.4, -0.2) is 30.3 Å². The van der Waals surface area contributed by atoms with Crippen LogP contribution in [0.2, 0.25) is 0 Å². The van der Waals surface area contributed by atoms with Crippen LogP contribution < -0.4 is 5.32 Å². The van der Waals surface area contributed by atoms with Crippen LogP contribution in [0.3, 0.4) is 0 Å². The molecular formula is C21H31NO3. The fraction of sp³-hybridized carbons (Fsp3) is 0.571. The molecule has 138 valence electrons. The van der Waals surface area contributed by atoms with E-state index in [9.17, 15) is 9.90 Å². The summed E-state index contributed by atoms with van der Waals surface area (Å²) >= 11 is 0. The molecule has 0 bridgehead atoms. The molecule has 1 aliphatic rings. The van der Waals surface area contributed by atoms with Crippen LogP contribution >= 0.6 is 0 Å². The first kappa shape index (κ1) is 19.5. The Labute approximate surface area is 151 Å². The number of carbonyl (C=O) groups is 1. The Kier molecular flexibility index (Phi) is 7.06. The van der Waals surface area contributed by atoms with Crippen LogP contribution in [0, 0.1) is 5.92 Å². The van der Waals surface area contributed by atoms with Crippen molar-refractivity contribution in [2.45, 2.75) is 58.0 Å². The number of carbonyl (C=O) groups excluding carboxylic acids is 1. The molecule has 0 saturated heterocycles. The van der Waals surface area contributed by atoms with Gasteiger partial charge in [-0.3, -0.25) is 0 Å². The number of esters is 1. The zero-order chi connectivity index (χ0) is 18.3. The van der Waals surface area contributed by atoms with Crippen molar-refractivity contribution < 1.29 is 14.6 Å². The molecule has 0 spiro atoms. The number of benzene rings is 1. The largest absolute Gasteiger partial charge is 0.465 e. The van der Waals surface area contributed by atoms with Crippen molar-refractivity contribution in [2.24, 2.45) is 5.92 Å². The average Bonchev–Trinajstić information content (AvgIpc) is 2.59. The van der Waals surface area contributed by atoms with Crippen molar-refractivity contribution in [3.05, 3.63) is 41.5 Å². The van der Waals surface area contributed by atoms with E-state index in [0.29, 0.717) is 11.5 Å². The second-order valence-corrected chi connectivity index (χ2v) is 7.59. The monoisotopic (exact) mass is 345 g/mol. The molecule has 0 aromatic heterocycles. The molecule has 0 heterocycles. The summed E-state index contributed by atoms with van der Waals surface area (Å²) in [5, 5.41) is 13.2. The standard InChI is InChI=1S/C21H31NO3/c1-21(2,24)14-6-7-16-10-12-17(13-11-16)15-22-19-9-5-4-8-18(19)20(23)25-3/h4-5,8-10,17,22,24H,6-7,11-15H2,1-3H3. The SMILES string of the molecule is COC(=O)c1ccccc1NCC1CC=C(CCCC(C)(C)O)CC1. The molecule has 1 atom stereocenters. The third-order valence-electron chi connectivity index (χ3n) is 4.81. The number of ether oxygens (including phenoxy) is 1. The van der Waals surface area contributed by atoms with Crippen molar-refractivity contribution in [1.29, 1.82) is 0 Å². The predicted molar refractivity (Wildman–Crippen MR) is 102 cm³/mol. The van der Waals surface area contributed by atoms with Crippen molar-refractivity contribution >= 4 is 11.7 Å². The summed E-state index contributed by atoms with van der Waals surface area (Å²) in [6.45, 7) is 4.60. The first-order valence-electron chi connectivity index (χ1n) is 9.20. The van der Waals surface area contributed by atoms with Gasteiger partial charge in [-0.15, -0.1) is 0 Å². The number of hydrogen-bond acceptors (Lipinski definition) is 4. The maximum Gasteiger partial charge on any atom is 0.339 e. The van der Waals surface area contributed by atoms with Crippen LogP contribution in [0.1, 0.15) is 62.7 Å². The minimum Gasteiger partial charge on any atom is -0.465 e. The van der Waals surface area contributed by atoms with E-state index in [-0.39, 0.29) is 5.97 Å². The van der Waals surface area contributed by atoms with Gasteiger partial charge in [-0.2, -0.15) is 0 Å². The van der Waals surface area contributed by atoms with Crippen LogP contribution in [0.5, 0.6) is 0 Å². The van der Waals surface area contributed by atoms with E-state index >= 15 is 0 Å². The Morgan fingerprint density at radius 2 is 2.12 bits per heavy atom. The molecule has 4 heteroatoms. The molecule has 2 rings (SSSR count). The van der Waals surface area contributed by atoms with Gasteiger partial charge in [-0.05, 0) is 70.4 Å². The molecule has 4 nitrogen and oxygen atoms in total. The molecule has 0 aliphatic heterocycles. The summed E-state index contributed by atoms with van der Waals surface area (Å²) in [6.07, 6.45) is 8.73. The van der Waals surface area contributed by atoms with Crippen molar-refractivity contribution in [3.63, 3.8) is 0 Å². The lowest BCUT2D eigenvalue weighted by Crippen LogP contribution is -2.19. The van der Waals surface area contributed by atoms with Gasteiger partial charge >= 0.3 is 5.97 Å². The molecular weight excluding hydrogens is 314 g/mol. The Hall–Kier alpha value is -1.81. The molecule has 0 saturated carbocycles. The Morgan fingerprint density at radius 3 is 2.76 bits per heavy atom. The number of para-hydroxylation sites is 1. The highest BCUT2D eigenvalue weighted by Crippen LogP contribution is 2.28. The summed E-state index contributed by atoms with van der Waals surface area (Å²) in [5.74, 6) is 0.282. The van der Waals surface area contributed by atoms with Crippen molar-refractivity contribution in [1.82, 2.24) is 0 Å². The summed E-state index contributed by atoms with van der Waals surface area (Å²) in [5.41, 5.74) is 2.39. The summed E-state index contributed by atoms with van der Waals surface area (Å²) in [4.78, 5) is 11.8. The number of hydrogen-bond donors (Lipinski definition) is 2. The minimum absolute atomic E-state index is 0.305. The third-order valence-corrected chi connectivity index (χ3v) is 4.81. The predicted octanol–water partition coefficient (Wildman–Crippen LogP) is 4.55. The number of allylic oxidation sites excluding steroid dienone is 2. The van der Waals surface area contributed by atoms with Crippen LogP contribution in [0.15, 0.2) is 35.9 Å². The van der Waals surface area contributed by atoms with Crippen LogP contribution in [-0.2, 0) is 4.74 Å². The number of rotatable bonds is 8. The van der Waals surface area contributed by atoms with Crippen LogP contribution in [0.4, 0.5) is 5.69 Å². The smallest absolute Gasteiger partial charge is 0.339 e. The number of aliphatic hydroxyl groups is 1. The second-order valence-electron chi connectivity index (χ2n) is 7.59. The van der Waals surface area contributed by atoms with Gasteiger partial charge in [-0.1, -0.05) is 23.8 Å². The van der Waals surface area contributed by atoms with Gasteiger partial charge in [0.15, 0.2) is 0 Å². The van der Waals surface area contributed by atoms with Gasteiger partial charge < -0.3 is 15.2 Å². The Bertz CT molecular complexity index is 601. The maximum absolute atomic E-state index is 11.8. The van der Waals surface area contributed by atoms with E-state index < -0.39 is 5.60 Å². The lowest BCUT2D eigenvalue weighted by Gasteiger charge is -2.24. The normalized spacial score (nSPS) is 17.8. The second kappa shape index (κ2) is 9.04. The zero-order valence-corrected chi connectivity index (χ0v) is 15.7. The van der Waals surface area contributed by atoms with Gasteiger partial charge in [0, 0.05) is 12.2 Å². The van der Waals surface area contributed by atoms with E-state index in [2.05, 4.69) is 11.4 Å². The fourth-order valence-corrected chi connectivity index (χ4v) is 3.28. The van der Waals surface area contributed by atoms with Gasteiger partial charge in [-0.25, -0.2) is 4.79 Å². The molecule has 0 fully saturated rings. The topological polar surface area (TPSA) is 58.6 Å². The number of methoxy groups -OCH3 is 1. The zero-order valence-electron chi connectivity index (χ0n) is 15.7. The number of anilines is 1. The van der Waals surface area contributed by atoms with E-state index in [0.717, 1.165) is 44.3 Å². The highest BCUT2D eigenvalue weighted by Gasteiger charge is 2.17. The molecule has 1 aliphatic carbocycles. The molecule has 0 radical (unpaired) electrons. The highest BCUT2D eigenvalue weighted by molar-refractivity contribution is 5.95. The molecule has 1 unspecified atom stereocenters. The third kappa shape index (κ3) is 6.54. The quantitative estimate of drug-likeness (QED) is 0.536. The van der Waals surface area contributed by atoms with Crippen molar-refractivity contribution in [3.8, 4) is 0 Å². The van der Waals surface area contributed by atoms with Gasteiger partial charge in [0.1, 0.15) is 0 Å².